The van der Waals surface area contributed by atoms with Gasteiger partial charge in [0, 0.05) is 24.8 Å². The van der Waals surface area contributed by atoms with E-state index < -0.39 is 87.1 Å². The maximum Gasteiger partial charge on any atom is 0.333 e. The Bertz CT molecular complexity index is 1710. The molecular weight excluding hydrogens is 709 g/mol. The fraction of sp³-hybridized carbons (Fsp3) is 0.742. The maximum absolute atomic E-state index is 14.2. The first-order chi connectivity index (χ1) is 22.6. The van der Waals surface area contributed by atoms with Crippen LogP contribution in [0.5, 0.6) is 0 Å². The van der Waals surface area contributed by atoms with Gasteiger partial charge in [-0.2, -0.15) is 8.42 Å². The van der Waals surface area contributed by atoms with Crippen LogP contribution in [-0.2, 0) is 44.0 Å². The lowest BCUT2D eigenvalue weighted by atomic mass is 9.89. The van der Waals surface area contributed by atoms with Crippen molar-refractivity contribution in [3.8, 4) is 0 Å². The molecule has 1 spiro atoms. The average Bonchev–Trinajstić information content (AvgIpc) is 3.35. The summed E-state index contributed by atoms with van der Waals surface area (Å²) in [5.41, 5.74) is 3.21. The number of rotatable bonds is 14. The highest BCUT2D eigenvalue weighted by molar-refractivity contribution is 7.90. The largest absolute Gasteiger partial charge is 0.480 e. The monoisotopic (exact) mass is 762 g/mol. The molecule has 3 rings (SSSR count). The van der Waals surface area contributed by atoms with Crippen molar-refractivity contribution in [1.82, 2.24) is 14.0 Å². The van der Waals surface area contributed by atoms with Gasteiger partial charge in [-0.25, -0.2) is 8.98 Å². The molecule has 4 atom stereocenters. The Labute approximate surface area is 295 Å². The molecule has 1 fully saturated rings. The molecule has 16 nitrogen and oxygen atoms in total. The minimum atomic E-state index is -4.31. The zero-order chi connectivity index (χ0) is 38.4. The van der Waals surface area contributed by atoms with Crippen LogP contribution < -0.4 is 17.0 Å². The highest BCUT2D eigenvalue weighted by Gasteiger charge is 2.67. The molecule has 1 saturated heterocycles. The Balaban J connectivity index is 2.19. The maximum atomic E-state index is 14.2. The normalized spacial score (nSPS) is 24.2. The number of aromatic nitrogens is 2. The summed E-state index contributed by atoms with van der Waals surface area (Å²) in [5.74, 6) is -2.45. The first kappa shape index (κ1) is 41.8. The standard InChI is InChI=1S/C31H54N4O12SSi2/c1-20-15-35(28(41)34(26(20)40)14-12-13-33(16-23(36)37)17-24(38)39)27-25(46-50(10,11)30(5,6)7)31(21(32)19-48(42,43)47-31)22(45-27)18-44-49(8,9)29(2,3)4/h15,19,22,25,27H,12-14,16-18,32H2,1-11H3,(H,36,37)(H,38,39)/t22?,25-,27+,31?/m0/s1. The molecule has 1 aromatic rings. The molecule has 284 valence electrons. The lowest BCUT2D eigenvalue weighted by Gasteiger charge is -2.43. The van der Waals surface area contributed by atoms with Crippen LogP contribution in [0.4, 0.5) is 0 Å². The molecule has 4 N–H and O–H groups in total. The van der Waals surface area contributed by atoms with Crippen molar-refractivity contribution in [2.24, 2.45) is 5.73 Å². The quantitative estimate of drug-likeness (QED) is 0.183. The van der Waals surface area contributed by atoms with Gasteiger partial charge in [0.2, 0.25) is 0 Å². The third-order valence-corrected chi connectivity index (χ3v) is 20.3. The summed E-state index contributed by atoms with van der Waals surface area (Å²) in [4.78, 5) is 51.3. The van der Waals surface area contributed by atoms with Crippen molar-refractivity contribution in [3.63, 3.8) is 0 Å². The molecule has 2 aliphatic rings. The van der Waals surface area contributed by atoms with E-state index in [0.717, 1.165) is 9.98 Å². The van der Waals surface area contributed by atoms with Crippen molar-refractivity contribution in [3.05, 3.63) is 43.7 Å². The van der Waals surface area contributed by atoms with Gasteiger partial charge in [-0.1, -0.05) is 41.5 Å². The molecule has 2 unspecified atom stereocenters. The topological polar surface area (TPSA) is 219 Å². The van der Waals surface area contributed by atoms with Gasteiger partial charge < -0.3 is 29.5 Å². The minimum Gasteiger partial charge on any atom is -0.480 e. The summed E-state index contributed by atoms with van der Waals surface area (Å²) < 4.78 is 54.2. The number of hydrogen-bond donors (Lipinski definition) is 3. The summed E-state index contributed by atoms with van der Waals surface area (Å²) in [6.45, 7) is 20.2. The van der Waals surface area contributed by atoms with Crippen molar-refractivity contribution in [2.75, 3.05) is 26.2 Å². The second kappa shape index (κ2) is 14.4. The van der Waals surface area contributed by atoms with Gasteiger partial charge in [-0.15, -0.1) is 0 Å². The van der Waals surface area contributed by atoms with E-state index in [1.54, 1.807) is 0 Å². The molecule has 1 aromatic heterocycles. The summed E-state index contributed by atoms with van der Waals surface area (Å²) in [6.07, 6.45) is -2.37. The van der Waals surface area contributed by atoms with Crippen molar-refractivity contribution >= 4 is 38.7 Å². The first-order valence-electron chi connectivity index (χ1n) is 16.5. The Morgan fingerprint density at radius 2 is 1.56 bits per heavy atom. The van der Waals surface area contributed by atoms with Gasteiger partial charge in [-0.05, 0) is 49.6 Å². The molecular formula is C31H54N4O12SSi2. The van der Waals surface area contributed by atoms with Gasteiger partial charge in [0.15, 0.2) is 28.5 Å². The SMILES string of the molecule is Cc1cn([C@@H]2OC(CO[Si](C)(C)C(C)(C)C)C3(OS(=O)(=O)C=C3N)[C@H]2O[Si](C)(C)C(C)(C)C)c(=O)n(CCCN(CC(=O)O)CC(=O)O)c1=O. The summed E-state index contributed by atoms with van der Waals surface area (Å²) in [5, 5.41) is 18.6. The minimum absolute atomic E-state index is 0.0293. The summed E-state index contributed by atoms with van der Waals surface area (Å²) >= 11 is 0. The van der Waals surface area contributed by atoms with Crippen LogP contribution in [0, 0.1) is 6.92 Å². The second-order valence-corrected chi connectivity index (χ2v) is 27.1. The van der Waals surface area contributed by atoms with Crippen LogP contribution in [0.25, 0.3) is 0 Å². The van der Waals surface area contributed by atoms with E-state index in [-0.39, 0.29) is 47.5 Å². The number of carboxylic acid groups (broad SMARTS) is 2. The Morgan fingerprint density at radius 1 is 1.02 bits per heavy atom. The second-order valence-electron chi connectivity index (χ2n) is 16.1. The van der Waals surface area contributed by atoms with E-state index in [1.807, 2.05) is 47.0 Å². The number of carbonyl (C=O) groups is 2. The van der Waals surface area contributed by atoms with Gasteiger partial charge in [0.05, 0.1) is 30.8 Å². The fourth-order valence-corrected chi connectivity index (χ4v) is 8.91. The lowest BCUT2D eigenvalue weighted by Crippen LogP contribution is -2.59. The molecule has 0 bridgehead atoms. The van der Waals surface area contributed by atoms with Gasteiger partial charge in [0.25, 0.3) is 15.7 Å². The smallest absolute Gasteiger partial charge is 0.333 e. The number of hydrogen-bond acceptors (Lipinski definition) is 12. The van der Waals surface area contributed by atoms with E-state index in [9.17, 15) is 37.8 Å². The third-order valence-electron chi connectivity index (χ3n) is 10.3. The third kappa shape index (κ3) is 8.68. The van der Waals surface area contributed by atoms with Gasteiger partial charge in [0.1, 0.15) is 12.2 Å². The van der Waals surface area contributed by atoms with Gasteiger partial charge >= 0.3 is 17.6 Å². The number of nitrogens with zero attached hydrogens (tertiary/aromatic N) is 3. The number of nitrogens with two attached hydrogens (primary N) is 1. The van der Waals surface area contributed by atoms with Gasteiger partial charge in [-0.3, -0.25) is 28.4 Å². The molecule has 0 radical (unpaired) electrons. The summed E-state index contributed by atoms with van der Waals surface area (Å²) in [7, 11) is -9.56. The summed E-state index contributed by atoms with van der Waals surface area (Å²) in [6, 6.07) is 0. The lowest BCUT2D eigenvalue weighted by molar-refractivity contribution is -0.141. The predicted molar refractivity (Wildman–Crippen MR) is 190 cm³/mol. The van der Waals surface area contributed by atoms with E-state index in [2.05, 4.69) is 20.8 Å². The molecule has 19 heteroatoms. The highest BCUT2D eigenvalue weighted by Crippen LogP contribution is 2.52. The molecule has 3 heterocycles. The molecule has 0 amide bonds. The van der Waals surface area contributed by atoms with Crippen LogP contribution in [-0.4, -0.2) is 105 Å². The molecule has 2 aliphatic heterocycles. The van der Waals surface area contributed by atoms with Crippen LogP contribution >= 0.6 is 0 Å². The van der Waals surface area contributed by atoms with Crippen LogP contribution in [0.2, 0.25) is 36.3 Å². The zero-order valence-electron chi connectivity index (χ0n) is 30.9. The van der Waals surface area contributed by atoms with Crippen molar-refractivity contribution in [1.29, 1.82) is 0 Å². The van der Waals surface area contributed by atoms with Crippen LogP contribution in [0.3, 0.4) is 0 Å². The average molecular weight is 763 g/mol. The van der Waals surface area contributed by atoms with Crippen molar-refractivity contribution < 1.29 is 46.0 Å². The van der Waals surface area contributed by atoms with Crippen LogP contribution in [0.1, 0.15) is 59.8 Å². The molecule has 50 heavy (non-hydrogen) atoms. The number of ether oxygens (including phenoxy) is 1. The predicted octanol–water partition coefficient (Wildman–Crippen LogP) is 2.39. The van der Waals surface area contributed by atoms with E-state index in [4.69, 9.17) is 23.5 Å². The highest BCUT2D eigenvalue weighted by atomic mass is 32.2. The van der Waals surface area contributed by atoms with E-state index >= 15 is 0 Å². The molecule has 0 aliphatic carbocycles. The van der Waals surface area contributed by atoms with E-state index in [1.165, 1.54) is 22.6 Å². The molecule has 0 saturated carbocycles. The van der Waals surface area contributed by atoms with E-state index in [0.29, 0.717) is 0 Å². The van der Waals surface area contributed by atoms with Crippen LogP contribution in [0.15, 0.2) is 26.9 Å². The fourth-order valence-electron chi connectivity index (χ4n) is 5.40. The Morgan fingerprint density at radius 3 is 2.02 bits per heavy atom. The number of carboxylic acids is 2. The number of aliphatic carboxylic acids is 2. The number of aryl methyl sites for hydroxylation is 1. The molecule has 0 aromatic carbocycles. The Hall–Kier alpha value is -2.66. The first-order valence-corrected chi connectivity index (χ1v) is 23.7. The van der Waals surface area contributed by atoms with Crippen molar-refractivity contribution in [2.45, 2.75) is 122 Å². The zero-order valence-corrected chi connectivity index (χ0v) is 33.8. The Kier molecular flexibility index (Phi) is 12.0.